The number of nitrogens with two attached hydrogens (primary N) is 1. The van der Waals surface area contributed by atoms with Crippen molar-refractivity contribution < 1.29 is 13.7 Å². The van der Waals surface area contributed by atoms with E-state index in [1.807, 2.05) is 12.1 Å². The van der Waals surface area contributed by atoms with Gasteiger partial charge in [0, 0.05) is 29.2 Å². The molecule has 2 N–H and O–H groups in total. The van der Waals surface area contributed by atoms with Gasteiger partial charge in [0.1, 0.15) is 0 Å². The fourth-order valence-corrected chi connectivity index (χ4v) is 3.59. The first-order chi connectivity index (χ1) is 8.25. The summed E-state index contributed by atoms with van der Waals surface area (Å²) in [5.74, 6) is 2.06. The Bertz CT molecular complexity index is 475. The van der Waals surface area contributed by atoms with Gasteiger partial charge < -0.3 is 15.2 Å². The van der Waals surface area contributed by atoms with Gasteiger partial charge in [0.25, 0.3) is 0 Å². The first kappa shape index (κ1) is 11.0. The molecule has 0 saturated carbocycles. The van der Waals surface area contributed by atoms with Crippen molar-refractivity contribution in [1.82, 2.24) is 0 Å². The summed E-state index contributed by atoms with van der Waals surface area (Å²) in [5, 5.41) is 0. The van der Waals surface area contributed by atoms with Crippen molar-refractivity contribution in [3.8, 4) is 11.5 Å². The predicted octanol–water partition coefficient (Wildman–Crippen LogP) is 1.36. The highest BCUT2D eigenvalue weighted by molar-refractivity contribution is 7.85. The number of fused-ring (bicyclic) bond motifs is 2. The minimum Gasteiger partial charge on any atom is -0.490 e. The SMILES string of the molecule is NC1CCS(=O)c2cc3c(cc21)OCCCO3. The maximum atomic E-state index is 12.0. The number of rotatable bonds is 0. The van der Waals surface area contributed by atoms with Crippen LogP contribution < -0.4 is 15.2 Å². The number of hydrogen-bond donors (Lipinski definition) is 1. The lowest BCUT2D eigenvalue weighted by Gasteiger charge is -2.23. The van der Waals surface area contributed by atoms with E-state index >= 15 is 0 Å². The van der Waals surface area contributed by atoms with Crippen molar-refractivity contribution >= 4 is 10.8 Å². The molecule has 2 atom stereocenters. The summed E-state index contributed by atoms with van der Waals surface area (Å²) in [6, 6.07) is 3.70. The first-order valence-corrected chi connectivity index (χ1v) is 7.15. The van der Waals surface area contributed by atoms with Crippen LogP contribution in [0.2, 0.25) is 0 Å². The Kier molecular flexibility index (Phi) is 2.80. The third-order valence-electron chi connectivity index (χ3n) is 3.14. The molecule has 5 heteroatoms. The van der Waals surface area contributed by atoms with E-state index in [9.17, 15) is 4.21 Å². The molecule has 0 fully saturated rings. The number of benzene rings is 1. The molecule has 0 amide bonds. The molecule has 2 heterocycles. The van der Waals surface area contributed by atoms with Crippen LogP contribution in [-0.2, 0) is 10.8 Å². The largest absolute Gasteiger partial charge is 0.490 e. The third kappa shape index (κ3) is 1.93. The summed E-state index contributed by atoms with van der Waals surface area (Å²) >= 11 is 0. The fourth-order valence-electron chi connectivity index (χ4n) is 2.19. The van der Waals surface area contributed by atoms with Crippen LogP contribution in [-0.4, -0.2) is 23.2 Å². The van der Waals surface area contributed by atoms with Gasteiger partial charge >= 0.3 is 0 Å². The second-order valence-corrected chi connectivity index (χ2v) is 5.87. The van der Waals surface area contributed by atoms with Crippen molar-refractivity contribution in [1.29, 1.82) is 0 Å². The van der Waals surface area contributed by atoms with Crippen LogP contribution in [0.3, 0.4) is 0 Å². The van der Waals surface area contributed by atoms with E-state index in [1.165, 1.54) is 0 Å². The minimum atomic E-state index is -0.955. The summed E-state index contributed by atoms with van der Waals surface area (Å²) in [6.07, 6.45) is 1.63. The maximum absolute atomic E-state index is 12.0. The maximum Gasteiger partial charge on any atom is 0.162 e. The van der Waals surface area contributed by atoms with Crippen LogP contribution in [0, 0.1) is 0 Å². The van der Waals surface area contributed by atoms with E-state index in [4.69, 9.17) is 15.2 Å². The molecule has 1 aromatic carbocycles. The molecule has 2 aliphatic heterocycles. The third-order valence-corrected chi connectivity index (χ3v) is 4.59. The zero-order valence-electron chi connectivity index (χ0n) is 9.48. The Morgan fingerprint density at radius 2 is 1.94 bits per heavy atom. The zero-order chi connectivity index (χ0) is 11.8. The van der Waals surface area contributed by atoms with E-state index in [2.05, 4.69) is 0 Å². The molecule has 1 aromatic rings. The lowest BCUT2D eigenvalue weighted by Crippen LogP contribution is -2.21. The second kappa shape index (κ2) is 4.31. The average molecular weight is 253 g/mol. The Morgan fingerprint density at radius 3 is 2.71 bits per heavy atom. The van der Waals surface area contributed by atoms with Crippen LogP contribution in [0.5, 0.6) is 11.5 Å². The molecule has 4 nitrogen and oxygen atoms in total. The van der Waals surface area contributed by atoms with Crippen molar-refractivity contribution in [3.63, 3.8) is 0 Å². The van der Waals surface area contributed by atoms with Gasteiger partial charge in [-0.2, -0.15) is 0 Å². The predicted molar refractivity (Wildman–Crippen MR) is 64.9 cm³/mol. The summed E-state index contributed by atoms with van der Waals surface area (Å²) in [6.45, 7) is 1.30. The standard InChI is InChI=1S/C12H15NO3S/c13-9-2-5-17(14)12-7-11-10(6-8(9)12)15-3-1-4-16-11/h6-7,9H,1-5,13H2. The van der Waals surface area contributed by atoms with Gasteiger partial charge in [-0.1, -0.05) is 0 Å². The van der Waals surface area contributed by atoms with Crippen molar-refractivity contribution in [3.05, 3.63) is 17.7 Å². The number of hydrogen-bond acceptors (Lipinski definition) is 4. The molecule has 3 rings (SSSR count). The quantitative estimate of drug-likeness (QED) is 0.758. The van der Waals surface area contributed by atoms with E-state index in [0.717, 1.165) is 29.1 Å². The van der Waals surface area contributed by atoms with Gasteiger partial charge in [0.2, 0.25) is 0 Å². The first-order valence-electron chi connectivity index (χ1n) is 5.83. The summed E-state index contributed by atoms with van der Waals surface area (Å²) in [5.41, 5.74) is 6.99. The Labute approximate surface area is 103 Å². The Hall–Kier alpha value is -1.07. The summed E-state index contributed by atoms with van der Waals surface area (Å²) in [4.78, 5) is 0.813. The average Bonchev–Trinajstić information content (AvgIpc) is 2.57. The minimum absolute atomic E-state index is 0.0418. The van der Waals surface area contributed by atoms with Crippen molar-refractivity contribution in [2.24, 2.45) is 5.73 Å². The van der Waals surface area contributed by atoms with Crippen molar-refractivity contribution in [2.45, 2.75) is 23.8 Å². The highest BCUT2D eigenvalue weighted by atomic mass is 32.2. The zero-order valence-corrected chi connectivity index (χ0v) is 10.3. The van der Waals surface area contributed by atoms with Gasteiger partial charge in [-0.15, -0.1) is 0 Å². The van der Waals surface area contributed by atoms with Gasteiger partial charge in [-0.05, 0) is 18.1 Å². The molecule has 2 unspecified atom stereocenters. The molecule has 0 radical (unpaired) electrons. The molecule has 0 saturated heterocycles. The molecule has 92 valence electrons. The molecule has 0 aromatic heterocycles. The van der Waals surface area contributed by atoms with Crippen molar-refractivity contribution in [2.75, 3.05) is 19.0 Å². The Balaban J connectivity index is 2.11. The molecule has 0 spiro atoms. The van der Waals surface area contributed by atoms with Gasteiger partial charge in [0.05, 0.1) is 24.0 Å². The van der Waals surface area contributed by atoms with E-state index < -0.39 is 10.8 Å². The number of ether oxygens (including phenoxy) is 2. The lowest BCUT2D eigenvalue weighted by atomic mass is 10.0. The van der Waals surface area contributed by atoms with Crippen LogP contribution in [0.4, 0.5) is 0 Å². The topological polar surface area (TPSA) is 61.6 Å². The van der Waals surface area contributed by atoms with E-state index in [1.54, 1.807) is 0 Å². The molecule has 0 bridgehead atoms. The summed E-state index contributed by atoms with van der Waals surface area (Å²) < 4.78 is 23.2. The van der Waals surface area contributed by atoms with E-state index in [-0.39, 0.29) is 6.04 Å². The van der Waals surface area contributed by atoms with Crippen LogP contribution in [0.25, 0.3) is 0 Å². The second-order valence-electron chi connectivity index (χ2n) is 4.33. The normalized spacial score (nSPS) is 27.1. The molecule has 0 aliphatic carbocycles. The monoisotopic (exact) mass is 253 g/mol. The fraction of sp³-hybridized carbons (Fsp3) is 0.500. The van der Waals surface area contributed by atoms with Crippen LogP contribution in [0.1, 0.15) is 24.4 Å². The van der Waals surface area contributed by atoms with Crippen LogP contribution >= 0.6 is 0 Å². The molecular formula is C12H15NO3S. The molecular weight excluding hydrogens is 238 g/mol. The highest BCUT2D eigenvalue weighted by Crippen LogP contribution is 2.38. The molecule has 17 heavy (non-hydrogen) atoms. The van der Waals surface area contributed by atoms with Gasteiger partial charge in [-0.25, -0.2) is 0 Å². The smallest absolute Gasteiger partial charge is 0.162 e. The Morgan fingerprint density at radius 1 is 1.24 bits per heavy atom. The summed E-state index contributed by atoms with van der Waals surface area (Å²) in [7, 11) is -0.955. The van der Waals surface area contributed by atoms with Crippen LogP contribution in [0.15, 0.2) is 17.0 Å². The lowest BCUT2D eigenvalue weighted by molar-refractivity contribution is 0.297. The van der Waals surface area contributed by atoms with Gasteiger partial charge in [-0.3, -0.25) is 4.21 Å². The van der Waals surface area contributed by atoms with E-state index in [0.29, 0.717) is 24.7 Å². The highest BCUT2D eigenvalue weighted by Gasteiger charge is 2.25. The van der Waals surface area contributed by atoms with Gasteiger partial charge in [0.15, 0.2) is 11.5 Å². The molecule has 2 aliphatic rings.